The van der Waals surface area contributed by atoms with Crippen LogP contribution in [0.5, 0.6) is 0 Å². The molecule has 2 aliphatic heterocycles. The molecule has 0 radical (unpaired) electrons. The van der Waals surface area contributed by atoms with E-state index in [1.54, 1.807) is 0 Å². The maximum atomic E-state index is 12.3. The minimum absolute atomic E-state index is 0.0665. The number of hydrogen-bond acceptors (Lipinski definition) is 4. The van der Waals surface area contributed by atoms with E-state index in [2.05, 4.69) is 0 Å². The van der Waals surface area contributed by atoms with Gasteiger partial charge in [0.2, 0.25) is 11.8 Å². The van der Waals surface area contributed by atoms with Crippen molar-refractivity contribution in [3.8, 4) is 0 Å². The number of carbonyl (C=O) groups is 2. The highest BCUT2D eigenvalue weighted by Crippen LogP contribution is 2.47. The minimum atomic E-state index is -0.955. The third-order valence-electron chi connectivity index (χ3n) is 5.19. The van der Waals surface area contributed by atoms with E-state index >= 15 is 0 Å². The molecule has 112 valence electrons. The Morgan fingerprint density at radius 3 is 2.10 bits per heavy atom. The number of rotatable bonds is 2. The largest absolute Gasteiger partial charge is 0.388 e. The molecule has 5 nitrogen and oxygen atoms in total. The fourth-order valence-electron chi connectivity index (χ4n) is 3.89. The molecule has 1 saturated carbocycles. The lowest BCUT2D eigenvalue weighted by molar-refractivity contribution is -0.160. The predicted molar refractivity (Wildman–Crippen MR) is 71.9 cm³/mol. The van der Waals surface area contributed by atoms with Crippen LogP contribution in [-0.2, 0) is 14.3 Å². The van der Waals surface area contributed by atoms with Gasteiger partial charge in [0.25, 0.3) is 0 Å². The van der Waals surface area contributed by atoms with Crippen molar-refractivity contribution in [3.05, 3.63) is 0 Å². The second kappa shape index (κ2) is 5.11. The zero-order valence-corrected chi connectivity index (χ0v) is 11.9. The number of amides is 2. The van der Waals surface area contributed by atoms with E-state index in [1.165, 1.54) is 4.90 Å². The van der Waals surface area contributed by atoms with Gasteiger partial charge < -0.3 is 9.84 Å². The molecule has 0 aromatic carbocycles. The third kappa shape index (κ3) is 2.61. The predicted octanol–water partition coefficient (Wildman–Crippen LogP) is 1.24. The SMILES string of the molecule is O=C1CC2(CCCC2)CC(=O)N1CC1(O)CCOCC1. The number of carbonyl (C=O) groups excluding carboxylic acids is 2. The zero-order chi connectivity index (χ0) is 14.2. The maximum absolute atomic E-state index is 12.3. The van der Waals surface area contributed by atoms with Crippen LogP contribution in [-0.4, -0.2) is 47.2 Å². The quantitative estimate of drug-likeness (QED) is 0.773. The summed E-state index contributed by atoms with van der Waals surface area (Å²) in [4.78, 5) is 26.0. The highest BCUT2D eigenvalue weighted by Gasteiger charge is 2.47. The van der Waals surface area contributed by atoms with E-state index in [0.29, 0.717) is 38.9 Å². The molecule has 1 aliphatic carbocycles. The molecule has 0 aromatic rings. The number of β-amino-alcohol motifs (C(OH)–C–C–N with tert-alkyl or cyclic N) is 1. The van der Waals surface area contributed by atoms with Crippen molar-refractivity contribution in [3.63, 3.8) is 0 Å². The van der Waals surface area contributed by atoms with Gasteiger partial charge in [-0.25, -0.2) is 0 Å². The summed E-state index contributed by atoms with van der Waals surface area (Å²) in [5.41, 5.74) is -1.02. The average Bonchev–Trinajstić information content (AvgIpc) is 2.83. The van der Waals surface area contributed by atoms with Gasteiger partial charge in [0, 0.05) is 38.9 Å². The highest BCUT2D eigenvalue weighted by atomic mass is 16.5. The number of aliphatic hydroxyl groups is 1. The molecule has 1 spiro atoms. The summed E-state index contributed by atoms with van der Waals surface area (Å²) in [5.74, 6) is -0.189. The van der Waals surface area contributed by atoms with Crippen molar-refractivity contribution < 1.29 is 19.4 Å². The number of nitrogens with zero attached hydrogens (tertiary/aromatic N) is 1. The molecule has 2 amide bonds. The number of likely N-dealkylation sites (tertiary alicyclic amines) is 1. The van der Waals surface area contributed by atoms with Crippen LogP contribution >= 0.6 is 0 Å². The molecule has 0 aromatic heterocycles. The first kappa shape index (κ1) is 14.0. The van der Waals surface area contributed by atoms with Gasteiger partial charge in [0.05, 0.1) is 12.1 Å². The smallest absolute Gasteiger partial charge is 0.229 e. The van der Waals surface area contributed by atoms with Crippen molar-refractivity contribution in [1.82, 2.24) is 4.90 Å². The van der Waals surface area contributed by atoms with Crippen LogP contribution in [0, 0.1) is 5.41 Å². The van der Waals surface area contributed by atoms with Gasteiger partial charge in [-0.15, -0.1) is 0 Å². The molecule has 3 rings (SSSR count). The normalized spacial score (nSPS) is 29.1. The van der Waals surface area contributed by atoms with Crippen LogP contribution in [0.4, 0.5) is 0 Å². The molecule has 3 aliphatic rings. The van der Waals surface area contributed by atoms with E-state index < -0.39 is 5.60 Å². The Kier molecular flexibility index (Phi) is 3.58. The van der Waals surface area contributed by atoms with Crippen LogP contribution in [0.2, 0.25) is 0 Å². The van der Waals surface area contributed by atoms with Crippen LogP contribution in [0.1, 0.15) is 51.4 Å². The van der Waals surface area contributed by atoms with Crippen LogP contribution in [0.25, 0.3) is 0 Å². The van der Waals surface area contributed by atoms with Crippen molar-refractivity contribution >= 4 is 11.8 Å². The first-order chi connectivity index (χ1) is 9.52. The molecule has 0 unspecified atom stereocenters. The van der Waals surface area contributed by atoms with Gasteiger partial charge >= 0.3 is 0 Å². The van der Waals surface area contributed by atoms with Crippen LogP contribution in [0.15, 0.2) is 0 Å². The summed E-state index contributed by atoms with van der Waals surface area (Å²) in [5, 5.41) is 10.5. The van der Waals surface area contributed by atoms with Crippen molar-refractivity contribution in [2.75, 3.05) is 19.8 Å². The van der Waals surface area contributed by atoms with Gasteiger partial charge in [-0.1, -0.05) is 12.8 Å². The standard InChI is InChI=1S/C15H23NO4/c17-12-9-14(3-1-2-4-14)10-13(18)16(12)11-15(19)5-7-20-8-6-15/h19H,1-11H2. The number of piperidine rings is 1. The van der Waals surface area contributed by atoms with Gasteiger partial charge in [-0.2, -0.15) is 0 Å². The second-order valence-electron chi connectivity index (χ2n) is 6.77. The minimum Gasteiger partial charge on any atom is -0.388 e. The molecular weight excluding hydrogens is 258 g/mol. The van der Waals surface area contributed by atoms with Gasteiger partial charge in [0.1, 0.15) is 0 Å². The Balaban J connectivity index is 1.68. The van der Waals surface area contributed by atoms with E-state index in [4.69, 9.17) is 4.74 Å². The van der Waals surface area contributed by atoms with Crippen molar-refractivity contribution in [2.45, 2.75) is 57.0 Å². The molecule has 1 N–H and O–H groups in total. The molecule has 3 fully saturated rings. The lowest BCUT2D eigenvalue weighted by Crippen LogP contribution is -2.54. The maximum Gasteiger partial charge on any atom is 0.229 e. The Hall–Kier alpha value is -0.940. The van der Waals surface area contributed by atoms with Crippen molar-refractivity contribution in [1.29, 1.82) is 0 Å². The van der Waals surface area contributed by atoms with Gasteiger partial charge in [-0.3, -0.25) is 14.5 Å². The van der Waals surface area contributed by atoms with Gasteiger partial charge in [0.15, 0.2) is 0 Å². The Morgan fingerprint density at radius 2 is 1.55 bits per heavy atom. The first-order valence-corrected chi connectivity index (χ1v) is 7.65. The number of ether oxygens (including phenoxy) is 1. The van der Waals surface area contributed by atoms with E-state index in [9.17, 15) is 14.7 Å². The summed E-state index contributed by atoms with van der Waals surface area (Å²) in [6, 6.07) is 0. The summed E-state index contributed by atoms with van der Waals surface area (Å²) in [6.45, 7) is 1.14. The molecular formula is C15H23NO4. The zero-order valence-electron chi connectivity index (χ0n) is 11.9. The topological polar surface area (TPSA) is 66.8 Å². The Morgan fingerprint density at radius 1 is 1.00 bits per heavy atom. The highest BCUT2D eigenvalue weighted by molar-refractivity contribution is 5.98. The molecule has 2 saturated heterocycles. The van der Waals surface area contributed by atoms with Crippen LogP contribution < -0.4 is 0 Å². The molecule has 20 heavy (non-hydrogen) atoms. The molecule has 5 heteroatoms. The van der Waals surface area contributed by atoms with Gasteiger partial charge in [-0.05, 0) is 18.3 Å². The van der Waals surface area contributed by atoms with E-state index in [0.717, 1.165) is 25.7 Å². The summed E-state index contributed by atoms with van der Waals surface area (Å²) >= 11 is 0. The molecule has 0 bridgehead atoms. The molecule has 2 heterocycles. The van der Waals surface area contributed by atoms with E-state index in [-0.39, 0.29) is 23.8 Å². The van der Waals surface area contributed by atoms with Crippen LogP contribution in [0.3, 0.4) is 0 Å². The van der Waals surface area contributed by atoms with Crippen molar-refractivity contribution in [2.24, 2.45) is 5.41 Å². The number of hydrogen-bond donors (Lipinski definition) is 1. The lowest BCUT2D eigenvalue weighted by atomic mass is 9.76. The summed E-state index contributed by atoms with van der Waals surface area (Å²) in [6.07, 6.45) is 6.19. The Bertz CT molecular complexity index is 388. The number of imide groups is 1. The summed E-state index contributed by atoms with van der Waals surface area (Å²) in [7, 11) is 0. The first-order valence-electron chi connectivity index (χ1n) is 7.65. The lowest BCUT2D eigenvalue weighted by Gasteiger charge is -2.41. The fraction of sp³-hybridized carbons (Fsp3) is 0.867. The third-order valence-corrected chi connectivity index (χ3v) is 5.19. The van der Waals surface area contributed by atoms with E-state index in [1.807, 2.05) is 0 Å². The summed E-state index contributed by atoms with van der Waals surface area (Å²) < 4.78 is 5.24. The fourth-order valence-corrected chi connectivity index (χ4v) is 3.89. The average molecular weight is 281 g/mol. The monoisotopic (exact) mass is 281 g/mol. The molecule has 0 atom stereocenters. The second-order valence-corrected chi connectivity index (χ2v) is 6.77. The Labute approximate surface area is 119 Å².